The van der Waals surface area contributed by atoms with Crippen LogP contribution >= 0.6 is 11.6 Å². The maximum Gasteiger partial charge on any atom is 0.573 e. The minimum absolute atomic E-state index is 0.0159. The number of ether oxygens (including phenoxy) is 2. The second kappa shape index (κ2) is 11.9. The van der Waals surface area contributed by atoms with Crippen molar-refractivity contribution >= 4 is 29.1 Å². The van der Waals surface area contributed by atoms with E-state index < -0.39 is 53.6 Å². The van der Waals surface area contributed by atoms with Gasteiger partial charge in [-0.3, -0.25) is 19.2 Å². The molecule has 1 heterocycles. The van der Waals surface area contributed by atoms with Crippen LogP contribution in [-0.4, -0.2) is 52.3 Å². The van der Waals surface area contributed by atoms with Crippen molar-refractivity contribution in [2.45, 2.75) is 68.6 Å². The molecule has 0 saturated heterocycles. The van der Waals surface area contributed by atoms with Crippen LogP contribution in [0.3, 0.4) is 0 Å². The van der Waals surface area contributed by atoms with E-state index in [-0.39, 0.29) is 36.9 Å². The Bertz CT molecular complexity index is 1130. The van der Waals surface area contributed by atoms with Crippen molar-refractivity contribution in [3.05, 3.63) is 48.5 Å². The van der Waals surface area contributed by atoms with Gasteiger partial charge in [-0.15, -0.1) is 26.3 Å². The van der Waals surface area contributed by atoms with E-state index in [0.29, 0.717) is 4.90 Å². The number of hydrogen-bond donors (Lipinski definition) is 1. The molecule has 1 aromatic carbocycles. The SMILES string of the molecule is CC(C(=O)N[C@H]1CC[C@H](OC(F)(F)F)CC1)(c1cncnc1)N(C(=O)[C@H](F)Cl)c1ccc(OC(F)(F)F)cc1. The van der Waals surface area contributed by atoms with Gasteiger partial charge >= 0.3 is 12.7 Å². The number of nitrogens with one attached hydrogen (secondary N) is 1. The van der Waals surface area contributed by atoms with Crippen LogP contribution in [0, 0.1) is 0 Å². The smallest absolute Gasteiger partial charge is 0.406 e. The number of nitrogens with zero attached hydrogens (tertiary/aromatic N) is 3. The highest BCUT2D eigenvalue weighted by atomic mass is 35.5. The number of alkyl halides is 8. The van der Waals surface area contributed by atoms with Gasteiger partial charge in [-0.2, -0.15) is 0 Å². The van der Waals surface area contributed by atoms with Gasteiger partial charge in [0.25, 0.3) is 17.4 Å². The first-order valence-electron chi connectivity index (χ1n) is 11.4. The van der Waals surface area contributed by atoms with Gasteiger partial charge in [-0.25, -0.2) is 14.4 Å². The lowest BCUT2D eigenvalue weighted by atomic mass is 9.87. The second-order valence-electron chi connectivity index (χ2n) is 8.73. The molecule has 2 atom stereocenters. The number of rotatable bonds is 8. The summed E-state index contributed by atoms with van der Waals surface area (Å²) in [6.45, 7) is 1.22. The van der Waals surface area contributed by atoms with Crippen molar-refractivity contribution in [2.24, 2.45) is 0 Å². The fourth-order valence-corrected chi connectivity index (χ4v) is 4.35. The van der Waals surface area contributed by atoms with E-state index in [2.05, 4.69) is 24.8 Å². The Morgan fingerprint density at radius 1 is 1.00 bits per heavy atom. The number of halogens is 8. The zero-order valence-corrected chi connectivity index (χ0v) is 20.9. The van der Waals surface area contributed by atoms with Gasteiger partial charge in [0.1, 0.15) is 12.1 Å². The second-order valence-corrected chi connectivity index (χ2v) is 9.11. The Hall–Kier alpha value is -3.20. The van der Waals surface area contributed by atoms with Crippen LogP contribution in [0.25, 0.3) is 0 Å². The van der Waals surface area contributed by atoms with Crippen LogP contribution < -0.4 is 15.0 Å². The molecule has 8 nitrogen and oxygen atoms in total. The highest BCUT2D eigenvalue weighted by molar-refractivity contribution is 6.32. The van der Waals surface area contributed by atoms with Crippen molar-refractivity contribution in [2.75, 3.05) is 4.90 Å². The summed E-state index contributed by atoms with van der Waals surface area (Å²) >= 11 is 5.45. The molecule has 1 saturated carbocycles. The molecular formula is C23H22ClF7N4O4. The number of benzene rings is 1. The summed E-state index contributed by atoms with van der Waals surface area (Å²) < 4.78 is 97.5. The summed E-state index contributed by atoms with van der Waals surface area (Å²) in [6, 6.07) is 3.06. The van der Waals surface area contributed by atoms with E-state index in [0.717, 1.165) is 30.6 Å². The van der Waals surface area contributed by atoms with Crippen LogP contribution in [0.1, 0.15) is 38.2 Å². The molecule has 3 rings (SSSR count). The van der Waals surface area contributed by atoms with Crippen LogP contribution in [0.5, 0.6) is 5.75 Å². The third-order valence-corrected chi connectivity index (χ3v) is 6.24. The molecule has 1 aliphatic carbocycles. The number of hydrogen-bond acceptors (Lipinski definition) is 6. The Morgan fingerprint density at radius 3 is 2.05 bits per heavy atom. The number of amides is 2. The van der Waals surface area contributed by atoms with E-state index in [4.69, 9.17) is 11.6 Å². The normalized spacial score (nSPS) is 20.4. The van der Waals surface area contributed by atoms with Crippen molar-refractivity contribution < 1.29 is 49.8 Å². The highest BCUT2D eigenvalue weighted by Crippen LogP contribution is 2.37. The third kappa shape index (κ3) is 7.91. The molecule has 214 valence electrons. The van der Waals surface area contributed by atoms with Crippen LogP contribution in [0.4, 0.5) is 36.4 Å². The lowest BCUT2D eigenvalue weighted by Crippen LogP contribution is -2.60. The van der Waals surface area contributed by atoms with Gasteiger partial charge in [0.2, 0.25) is 0 Å². The first kappa shape index (κ1) is 30.3. The molecule has 1 fully saturated rings. The van der Waals surface area contributed by atoms with Crippen LogP contribution in [0.15, 0.2) is 43.0 Å². The standard InChI is InChI=1S/C23H22ClF7N4O4/c1-21(13-10-32-12-33-11-13,20(37)34-14-2-6-16(7-3-14)38-22(26,27)28)35(19(36)18(24)25)15-4-8-17(9-5-15)39-23(29,30)31/h4-5,8-12,14,16,18H,2-3,6-7H2,1H3,(H,34,37)/t14-,16-,18-,21?/m0/s1. The van der Waals surface area contributed by atoms with Gasteiger partial charge in [-0.1, -0.05) is 11.6 Å². The van der Waals surface area contributed by atoms with E-state index in [1.54, 1.807) is 0 Å². The first-order chi connectivity index (χ1) is 18.1. The van der Waals surface area contributed by atoms with E-state index >= 15 is 0 Å². The first-order valence-corrected chi connectivity index (χ1v) is 11.8. The number of carbonyl (C=O) groups excluding carboxylic acids is 2. The molecule has 39 heavy (non-hydrogen) atoms. The summed E-state index contributed by atoms with van der Waals surface area (Å²) in [5.41, 5.74) is -5.01. The molecule has 0 radical (unpaired) electrons. The van der Waals surface area contributed by atoms with Gasteiger partial charge in [-0.05, 0) is 56.9 Å². The zero-order valence-electron chi connectivity index (χ0n) is 20.1. The average molecular weight is 587 g/mol. The van der Waals surface area contributed by atoms with Crippen molar-refractivity contribution in [3.8, 4) is 5.75 Å². The lowest BCUT2D eigenvalue weighted by molar-refractivity contribution is -0.345. The number of anilines is 1. The van der Waals surface area contributed by atoms with E-state index in [1.807, 2.05) is 0 Å². The van der Waals surface area contributed by atoms with E-state index in [1.165, 1.54) is 19.3 Å². The Balaban J connectivity index is 1.95. The maximum absolute atomic E-state index is 14.2. The number of aromatic nitrogens is 2. The molecule has 0 aliphatic heterocycles. The maximum atomic E-state index is 14.2. The molecular weight excluding hydrogens is 565 g/mol. The summed E-state index contributed by atoms with van der Waals surface area (Å²) in [6.07, 6.45) is -7.27. The summed E-state index contributed by atoms with van der Waals surface area (Å²) in [4.78, 5) is 35.1. The quantitative estimate of drug-likeness (QED) is 0.341. The fourth-order valence-electron chi connectivity index (χ4n) is 4.25. The highest BCUT2D eigenvalue weighted by Gasteiger charge is 2.48. The van der Waals surface area contributed by atoms with Crippen molar-refractivity contribution in [3.63, 3.8) is 0 Å². The minimum Gasteiger partial charge on any atom is -0.406 e. The Morgan fingerprint density at radius 2 is 1.56 bits per heavy atom. The monoisotopic (exact) mass is 586 g/mol. The fraction of sp³-hybridized carbons (Fsp3) is 0.478. The largest absolute Gasteiger partial charge is 0.573 e. The topological polar surface area (TPSA) is 93.6 Å². The molecule has 1 aliphatic rings. The minimum atomic E-state index is -5.00. The molecule has 2 aromatic rings. The third-order valence-electron chi connectivity index (χ3n) is 6.06. The van der Waals surface area contributed by atoms with Gasteiger partial charge < -0.3 is 10.1 Å². The summed E-state index contributed by atoms with van der Waals surface area (Å²) in [7, 11) is 0. The summed E-state index contributed by atoms with van der Waals surface area (Å²) in [5.74, 6) is -2.96. The van der Waals surface area contributed by atoms with Gasteiger partial charge in [0, 0.05) is 29.7 Å². The molecule has 1 unspecified atom stereocenters. The average Bonchev–Trinajstić information content (AvgIpc) is 2.84. The molecule has 16 heteroatoms. The zero-order chi connectivity index (χ0) is 29.0. The van der Waals surface area contributed by atoms with Crippen molar-refractivity contribution in [1.29, 1.82) is 0 Å². The number of carbonyl (C=O) groups is 2. The predicted molar refractivity (Wildman–Crippen MR) is 122 cm³/mol. The van der Waals surface area contributed by atoms with Gasteiger partial charge in [0.15, 0.2) is 5.54 Å². The predicted octanol–water partition coefficient (Wildman–Crippen LogP) is 5.12. The Kier molecular flexibility index (Phi) is 9.26. The molecule has 1 aromatic heterocycles. The summed E-state index contributed by atoms with van der Waals surface area (Å²) in [5, 5.41) is 2.66. The van der Waals surface area contributed by atoms with E-state index in [9.17, 15) is 40.3 Å². The van der Waals surface area contributed by atoms with Crippen molar-refractivity contribution in [1.82, 2.24) is 15.3 Å². The molecule has 0 spiro atoms. The molecule has 1 N–H and O–H groups in total. The van der Waals surface area contributed by atoms with Gasteiger partial charge in [0.05, 0.1) is 6.10 Å². The lowest BCUT2D eigenvalue weighted by Gasteiger charge is -2.41. The van der Waals surface area contributed by atoms with Crippen LogP contribution in [0.2, 0.25) is 0 Å². The van der Waals surface area contributed by atoms with Crippen LogP contribution in [-0.2, 0) is 19.9 Å². The Labute approximate surface area is 222 Å². The molecule has 0 bridgehead atoms. The molecule has 2 amide bonds.